The van der Waals surface area contributed by atoms with E-state index in [9.17, 15) is 18.4 Å². The number of nitrogens with zero attached hydrogens (tertiary/aromatic N) is 4. The lowest BCUT2D eigenvalue weighted by molar-refractivity contribution is -0.112. The predicted molar refractivity (Wildman–Crippen MR) is 233 cm³/mol. The molecule has 11 nitrogen and oxygen atoms in total. The molecule has 0 radical (unpaired) electrons. The number of hydrogen-bond acceptors (Lipinski definition) is 8. The number of methoxy groups -OCH3 is 1. The van der Waals surface area contributed by atoms with Crippen molar-refractivity contribution in [2.24, 2.45) is 0 Å². The van der Waals surface area contributed by atoms with Crippen LogP contribution in [0.25, 0.3) is 17.0 Å². The van der Waals surface area contributed by atoms with E-state index in [2.05, 4.69) is 63.9 Å². The number of hydrogen-bond donors (Lipinski definition) is 1. The number of carbonyl (C=O) groups is 2. The van der Waals surface area contributed by atoms with Gasteiger partial charge in [0.15, 0.2) is 20.7 Å². The molecule has 2 unspecified atom stereocenters. The molecule has 0 saturated carbocycles. The molecule has 15 heteroatoms. The third-order valence-electron chi connectivity index (χ3n) is 9.85. The summed E-state index contributed by atoms with van der Waals surface area (Å²) >= 11 is 0. The van der Waals surface area contributed by atoms with Crippen molar-refractivity contribution in [2.45, 2.75) is 116 Å². The number of anilines is 1. The molecule has 2 atom stereocenters. The van der Waals surface area contributed by atoms with E-state index in [0.29, 0.717) is 35.7 Å². The van der Waals surface area contributed by atoms with Crippen molar-refractivity contribution in [1.29, 1.82) is 0 Å². The van der Waals surface area contributed by atoms with Gasteiger partial charge in [-0.05, 0) is 98.6 Å². The first-order chi connectivity index (χ1) is 26.9. The molecule has 1 aliphatic rings. The number of amides is 1. The van der Waals surface area contributed by atoms with Gasteiger partial charge in [-0.1, -0.05) is 52.6 Å². The summed E-state index contributed by atoms with van der Waals surface area (Å²) in [5.41, 5.74) is 2.55. The Bertz CT molecular complexity index is 2020. The lowest BCUT2D eigenvalue weighted by atomic mass is 10.0. The van der Waals surface area contributed by atoms with Crippen molar-refractivity contribution in [1.82, 2.24) is 19.2 Å². The maximum absolute atomic E-state index is 14.1. The van der Waals surface area contributed by atoms with Crippen LogP contribution in [-0.2, 0) is 36.6 Å². The summed E-state index contributed by atoms with van der Waals surface area (Å²) in [4.78, 5) is 29.6. The zero-order chi connectivity index (χ0) is 43.1. The summed E-state index contributed by atoms with van der Waals surface area (Å²) < 4.78 is 54.5. The summed E-state index contributed by atoms with van der Waals surface area (Å²) in [5.74, 6) is -0.468. The zero-order valence-electron chi connectivity index (χ0n) is 36.3. The Kier molecular flexibility index (Phi) is 15.5. The standard InChI is InChI=1S/C43H63F2N5O6Si2/c1-42(2,3)56-41(52)50-36(23-34-21-32(14-18-39(34)50)28-55-58(11,12)43(4,5)6)16-15-33(26-48(29-53-7)30-54-19-20-57(8,9)10)40(51)47-35-24-46-49(27-35)25-31-13-17-37(44)38(45)22-31/h13-18,21-24,26-27,37-38H,19-20,25,28-30H2,1-12H3,(H,47,51)/b16-15+,33-26+. The average Bonchev–Trinajstić information content (AvgIpc) is 3.70. The molecule has 4 rings (SSSR count). The number of ether oxygens (including phenoxy) is 3. The Balaban J connectivity index is 1.70. The molecule has 2 heterocycles. The number of nitrogens with one attached hydrogen (secondary N) is 1. The quantitative estimate of drug-likeness (QED) is 0.0471. The first kappa shape index (κ1) is 46.5. The molecule has 58 heavy (non-hydrogen) atoms. The molecule has 0 spiro atoms. The van der Waals surface area contributed by atoms with Gasteiger partial charge in [0.05, 0.1) is 41.8 Å². The van der Waals surface area contributed by atoms with Crippen LogP contribution in [0, 0.1) is 0 Å². The molecule has 0 bridgehead atoms. The third kappa shape index (κ3) is 13.7. The number of alkyl halides is 2. The second kappa shape index (κ2) is 19.3. The summed E-state index contributed by atoms with van der Waals surface area (Å²) in [6, 6.07) is 8.73. The molecule has 1 aliphatic carbocycles. The monoisotopic (exact) mass is 839 g/mol. The molecular formula is C43H63F2N5O6Si2. The first-order valence-electron chi connectivity index (χ1n) is 19.7. The van der Waals surface area contributed by atoms with E-state index in [1.54, 1.807) is 36.6 Å². The van der Waals surface area contributed by atoms with E-state index in [4.69, 9.17) is 18.6 Å². The molecule has 0 saturated heterocycles. The Morgan fingerprint density at radius 2 is 1.74 bits per heavy atom. The lowest BCUT2D eigenvalue weighted by Crippen LogP contribution is -2.40. The molecule has 2 aromatic heterocycles. The van der Waals surface area contributed by atoms with Crippen LogP contribution >= 0.6 is 0 Å². The van der Waals surface area contributed by atoms with Crippen LogP contribution in [0.4, 0.5) is 19.3 Å². The van der Waals surface area contributed by atoms with Gasteiger partial charge in [0.2, 0.25) is 0 Å². The first-order valence-corrected chi connectivity index (χ1v) is 26.3. The maximum Gasteiger partial charge on any atom is 0.419 e. The Labute approximate surface area is 344 Å². The van der Waals surface area contributed by atoms with Gasteiger partial charge in [-0.25, -0.2) is 18.1 Å². The lowest BCUT2D eigenvalue weighted by Gasteiger charge is -2.36. The predicted octanol–water partition coefficient (Wildman–Crippen LogP) is 10.1. The van der Waals surface area contributed by atoms with Crippen molar-refractivity contribution in [3.8, 4) is 0 Å². The average molecular weight is 840 g/mol. The highest BCUT2D eigenvalue weighted by molar-refractivity contribution is 6.76. The van der Waals surface area contributed by atoms with Crippen LogP contribution in [0.3, 0.4) is 0 Å². The van der Waals surface area contributed by atoms with Crippen LogP contribution in [0.1, 0.15) is 52.8 Å². The van der Waals surface area contributed by atoms with Gasteiger partial charge in [0, 0.05) is 39.6 Å². The van der Waals surface area contributed by atoms with Crippen molar-refractivity contribution in [2.75, 3.05) is 32.5 Å². The number of rotatable bonds is 17. The minimum absolute atomic E-state index is 0.0538. The number of fused-ring (bicyclic) bond motifs is 1. The Morgan fingerprint density at radius 1 is 1.02 bits per heavy atom. The molecule has 1 N–H and O–H groups in total. The van der Waals surface area contributed by atoms with E-state index in [1.807, 2.05) is 45.0 Å². The van der Waals surface area contributed by atoms with Crippen molar-refractivity contribution in [3.63, 3.8) is 0 Å². The van der Waals surface area contributed by atoms with Gasteiger partial charge >= 0.3 is 6.09 Å². The molecule has 1 amide bonds. The van der Waals surface area contributed by atoms with E-state index >= 15 is 0 Å². The number of aromatic nitrogens is 3. The fraction of sp³-hybridized carbons (Fsp3) is 0.512. The van der Waals surface area contributed by atoms with Gasteiger partial charge in [-0.15, -0.1) is 0 Å². The molecule has 318 valence electrons. The summed E-state index contributed by atoms with van der Waals surface area (Å²) in [7, 11) is -1.79. The Hall–Kier alpha value is -4.16. The highest BCUT2D eigenvalue weighted by Gasteiger charge is 2.37. The van der Waals surface area contributed by atoms with Crippen LogP contribution in [0.5, 0.6) is 0 Å². The van der Waals surface area contributed by atoms with E-state index in [0.717, 1.165) is 17.0 Å². The summed E-state index contributed by atoms with van der Waals surface area (Å²) in [6.45, 7) is 24.8. The van der Waals surface area contributed by atoms with Gasteiger partial charge in [0.1, 0.15) is 19.1 Å². The van der Waals surface area contributed by atoms with E-state index in [1.165, 1.54) is 33.7 Å². The van der Waals surface area contributed by atoms with E-state index < -0.39 is 46.3 Å². The number of carbonyl (C=O) groups excluding carboxylic acids is 2. The van der Waals surface area contributed by atoms with Gasteiger partial charge in [0.25, 0.3) is 5.91 Å². The maximum atomic E-state index is 14.1. The topological polar surface area (TPSA) is 109 Å². The SMILES string of the molecule is COCN(/C=C(\C=C\c1cc2cc(CO[Si](C)(C)C(C)(C)C)ccc2n1C(=O)OC(C)(C)C)C(=O)Nc1cnn(CC2=CC(F)C(F)C=C2)c1)COCC[Si](C)(C)C. The normalized spacial score (nSPS) is 16.9. The number of allylic oxidation sites excluding steroid dienone is 4. The zero-order valence-corrected chi connectivity index (χ0v) is 38.3. The minimum Gasteiger partial charge on any atom is -0.443 e. The summed E-state index contributed by atoms with van der Waals surface area (Å²) in [6.07, 6.45) is 8.07. The van der Waals surface area contributed by atoms with Crippen LogP contribution in [0.2, 0.25) is 43.8 Å². The van der Waals surface area contributed by atoms with E-state index in [-0.39, 0.29) is 30.6 Å². The molecule has 3 aromatic rings. The van der Waals surface area contributed by atoms with Crippen molar-refractivity contribution >= 4 is 51.1 Å². The van der Waals surface area contributed by atoms with Gasteiger partial charge in [-0.2, -0.15) is 5.10 Å². The second-order valence-corrected chi connectivity index (χ2v) is 28.9. The minimum atomic E-state index is -2.01. The largest absolute Gasteiger partial charge is 0.443 e. The highest BCUT2D eigenvalue weighted by atomic mass is 28.4. The van der Waals surface area contributed by atoms with Crippen LogP contribution in [0.15, 0.2) is 78.3 Å². The van der Waals surface area contributed by atoms with Crippen molar-refractivity contribution in [3.05, 3.63) is 89.6 Å². The fourth-order valence-electron chi connectivity index (χ4n) is 5.56. The molecule has 0 aliphatic heterocycles. The molecule has 0 fully saturated rings. The van der Waals surface area contributed by atoms with Gasteiger partial charge < -0.3 is 28.9 Å². The van der Waals surface area contributed by atoms with Gasteiger partial charge in [-0.3, -0.25) is 9.48 Å². The number of halogens is 2. The van der Waals surface area contributed by atoms with Crippen LogP contribution < -0.4 is 5.32 Å². The molecule has 1 aromatic carbocycles. The van der Waals surface area contributed by atoms with Crippen LogP contribution in [-0.4, -0.2) is 92.8 Å². The Morgan fingerprint density at radius 3 is 2.38 bits per heavy atom. The molecular weight excluding hydrogens is 777 g/mol. The third-order valence-corrected chi connectivity index (χ3v) is 16.0. The second-order valence-electron chi connectivity index (χ2n) is 18.5. The smallest absolute Gasteiger partial charge is 0.419 e. The van der Waals surface area contributed by atoms with Crippen molar-refractivity contribution < 1.29 is 37.0 Å². The highest BCUT2D eigenvalue weighted by Crippen LogP contribution is 2.37. The number of benzene rings is 1. The summed E-state index contributed by atoms with van der Waals surface area (Å²) in [5, 5.41) is 8.08. The fourth-order valence-corrected chi connectivity index (χ4v) is 7.28.